The maximum atomic E-state index is 13.2. The van der Waals surface area contributed by atoms with E-state index in [1.54, 1.807) is 23.3 Å². The van der Waals surface area contributed by atoms with Crippen molar-refractivity contribution in [3.63, 3.8) is 0 Å². The molecular weight excluding hydrogens is 360 g/mol. The van der Waals surface area contributed by atoms with E-state index in [4.69, 9.17) is 4.74 Å². The van der Waals surface area contributed by atoms with Crippen molar-refractivity contribution in [3.8, 4) is 5.75 Å². The van der Waals surface area contributed by atoms with E-state index in [0.29, 0.717) is 6.54 Å². The van der Waals surface area contributed by atoms with E-state index in [-0.39, 0.29) is 30.4 Å². The zero-order valence-electron chi connectivity index (χ0n) is 16.3. The Kier molecular flexibility index (Phi) is 5.85. The second-order valence-electron chi connectivity index (χ2n) is 7.05. The first-order valence-electron chi connectivity index (χ1n) is 9.19. The van der Waals surface area contributed by atoms with Crippen molar-refractivity contribution < 1.29 is 14.3 Å². The molecule has 2 aromatic rings. The number of carbonyl (C=O) groups excluding carboxylic acids is 2. The molecule has 144 valence electrons. The number of nitrogens with zero attached hydrogens (tertiary/aromatic N) is 2. The second-order valence-corrected chi connectivity index (χ2v) is 8.05. The first kappa shape index (κ1) is 19.4. The number of hydrogen-bond donors (Lipinski definition) is 0. The highest BCUT2D eigenvalue weighted by Crippen LogP contribution is 2.38. The molecule has 1 atom stereocenters. The summed E-state index contributed by atoms with van der Waals surface area (Å²) < 4.78 is 5.27. The van der Waals surface area contributed by atoms with E-state index in [9.17, 15) is 9.59 Å². The van der Waals surface area contributed by atoms with Crippen LogP contribution in [-0.4, -0.2) is 47.9 Å². The number of ether oxygens (including phenoxy) is 1. The number of benzene rings is 1. The van der Waals surface area contributed by atoms with E-state index in [0.717, 1.165) is 17.7 Å². The standard InChI is InChI=1S/C21H26N2O3S/c1-14(2)23(15(3)24)13-20(25)22-11-9-19-18(10-12-27-19)21(22)16-5-7-17(26-4)8-6-16/h5-8,10,12,14,21H,9,11,13H2,1-4H3. The van der Waals surface area contributed by atoms with Crippen molar-refractivity contribution in [1.29, 1.82) is 0 Å². The minimum atomic E-state index is -0.126. The van der Waals surface area contributed by atoms with Gasteiger partial charge >= 0.3 is 0 Å². The molecule has 0 spiro atoms. The molecule has 2 heterocycles. The lowest BCUT2D eigenvalue weighted by molar-refractivity contribution is -0.142. The number of methoxy groups -OCH3 is 1. The Morgan fingerprint density at radius 2 is 1.96 bits per heavy atom. The molecule has 0 aliphatic carbocycles. The van der Waals surface area contributed by atoms with Crippen LogP contribution in [-0.2, 0) is 16.0 Å². The van der Waals surface area contributed by atoms with Gasteiger partial charge in [-0.2, -0.15) is 0 Å². The molecule has 0 saturated carbocycles. The molecule has 1 aliphatic rings. The van der Waals surface area contributed by atoms with Gasteiger partial charge < -0.3 is 14.5 Å². The number of thiophene rings is 1. The van der Waals surface area contributed by atoms with Gasteiger partial charge in [-0.3, -0.25) is 9.59 Å². The average molecular weight is 387 g/mol. The van der Waals surface area contributed by atoms with Gasteiger partial charge in [-0.25, -0.2) is 0 Å². The maximum absolute atomic E-state index is 13.2. The van der Waals surface area contributed by atoms with Crippen molar-refractivity contribution in [3.05, 3.63) is 51.7 Å². The molecule has 6 heteroatoms. The second kappa shape index (κ2) is 8.13. The summed E-state index contributed by atoms with van der Waals surface area (Å²) in [7, 11) is 1.64. The first-order chi connectivity index (χ1) is 12.9. The summed E-state index contributed by atoms with van der Waals surface area (Å²) in [4.78, 5) is 30.0. The van der Waals surface area contributed by atoms with Crippen molar-refractivity contribution in [1.82, 2.24) is 9.80 Å². The summed E-state index contributed by atoms with van der Waals surface area (Å²) in [6.45, 7) is 6.15. The molecule has 2 amide bonds. The van der Waals surface area contributed by atoms with Crippen LogP contribution in [0.25, 0.3) is 0 Å². The SMILES string of the molecule is COc1ccc(C2c3ccsc3CCN2C(=O)CN(C(C)=O)C(C)C)cc1. The predicted molar refractivity (Wildman–Crippen MR) is 107 cm³/mol. The minimum absolute atomic E-state index is 0.00705. The molecule has 0 N–H and O–H groups in total. The summed E-state index contributed by atoms with van der Waals surface area (Å²) in [5, 5.41) is 2.09. The van der Waals surface area contributed by atoms with Crippen molar-refractivity contribution in [2.24, 2.45) is 0 Å². The highest BCUT2D eigenvalue weighted by Gasteiger charge is 2.34. The zero-order valence-corrected chi connectivity index (χ0v) is 17.1. The molecule has 3 rings (SSSR count). The number of amides is 2. The van der Waals surface area contributed by atoms with Crippen LogP contribution < -0.4 is 4.74 Å². The van der Waals surface area contributed by atoms with Gasteiger partial charge in [0.2, 0.25) is 11.8 Å². The Bertz CT molecular complexity index is 813. The van der Waals surface area contributed by atoms with E-state index in [1.165, 1.54) is 17.4 Å². The van der Waals surface area contributed by atoms with Crippen LogP contribution in [0.2, 0.25) is 0 Å². The van der Waals surface area contributed by atoms with E-state index in [2.05, 4.69) is 11.4 Å². The number of rotatable bonds is 5. The van der Waals surface area contributed by atoms with E-state index < -0.39 is 0 Å². The smallest absolute Gasteiger partial charge is 0.243 e. The van der Waals surface area contributed by atoms with Crippen molar-refractivity contribution in [2.45, 2.75) is 39.3 Å². The van der Waals surface area contributed by atoms with Gasteiger partial charge in [0.15, 0.2) is 0 Å². The fraction of sp³-hybridized carbons (Fsp3) is 0.429. The fourth-order valence-electron chi connectivity index (χ4n) is 3.62. The van der Waals surface area contributed by atoms with Gasteiger partial charge in [0, 0.05) is 24.4 Å². The Balaban J connectivity index is 1.92. The molecular formula is C21H26N2O3S. The molecule has 0 fully saturated rings. The molecule has 0 bridgehead atoms. The quantitative estimate of drug-likeness (QED) is 0.790. The summed E-state index contributed by atoms with van der Waals surface area (Å²) >= 11 is 1.74. The molecule has 1 aliphatic heterocycles. The topological polar surface area (TPSA) is 49.9 Å². The van der Waals surface area contributed by atoms with Crippen LogP contribution in [0.3, 0.4) is 0 Å². The lowest BCUT2D eigenvalue weighted by atomic mass is 9.93. The van der Waals surface area contributed by atoms with Crippen LogP contribution in [0.1, 0.15) is 42.8 Å². The van der Waals surface area contributed by atoms with E-state index in [1.807, 2.05) is 43.0 Å². The summed E-state index contributed by atoms with van der Waals surface area (Å²) in [5.41, 5.74) is 2.24. The third-order valence-electron chi connectivity index (χ3n) is 5.05. The molecule has 5 nitrogen and oxygen atoms in total. The third-order valence-corrected chi connectivity index (χ3v) is 6.05. The molecule has 0 radical (unpaired) electrons. The van der Waals surface area contributed by atoms with Crippen molar-refractivity contribution >= 4 is 23.2 Å². The van der Waals surface area contributed by atoms with Gasteiger partial charge in [-0.15, -0.1) is 11.3 Å². The highest BCUT2D eigenvalue weighted by atomic mass is 32.1. The van der Waals surface area contributed by atoms with Crippen LogP contribution in [0, 0.1) is 0 Å². The van der Waals surface area contributed by atoms with Gasteiger partial charge in [0.25, 0.3) is 0 Å². The summed E-state index contributed by atoms with van der Waals surface area (Å²) in [5.74, 6) is 0.699. The molecule has 1 aromatic carbocycles. The summed E-state index contributed by atoms with van der Waals surface area (Å²) in [6, 6.07) is 9.86. The monoisotopic (exact) mass is 386 g/mol. The van der Waals surface area contributed by atoms with Gasteiger partial charge in [-0.1, -0.05) is 12.1 Å². The highest BCUT2D eigenvalue weighted by molar-refractivity contribution is 7.10. The molecule has 1 unspecified atom stereocenters. The van der Waals surface area contributed by atoms with Crippen LogP contribution >= 0.6 is 11.3 Å². The minimum Gasteiger partial charge on any atom is -0.497 e. The average Bonchev–Trinajstić information content (AvgIpc) is 3.13. The predicted octanol–water partition coefficient (Wildman–Crippen LogP) is 3.49. The molecule has 27 heavy (non-hydrogen) atoms. The van der Waals surface area contributed by atoms with E-state index >= 15 is 0 Å². The number of carbonyl (C=O) groups is 2. The van der Waals surface area contributed by atoms with Crippen LogP contribution in [0.15, 0.2) is 35.7 Å². The molecule has 1 aromatic heterocycles. The number of fused-ring (bicyclic) bond motifs is 1. The van der Waals surface area contributed by atoms with Gasteiger partial charge in [0.05, 0.1) is 19.7 Å². The van der Waals surface area contributed by atoms with Crippen LogP contribution in [0.5, 0.6) is 5.75 Å². The lowest BCUT2D eigenvalue weighted by Gasteiger charge is -2.38. The zero-order chi connectivity index (χ0) is 19.6. The fourth-order valence-corrected chi connectivity index (χ4v) is 4.53. The lowest BCUT2D eigenvalue weighted by Crippen LogP contribution is -2.48. The van der Waals surface area contributed by atoms with Gasteiger partial charge in [-0.05, 0) is 55.0 Å². The Hall–Kier alpha value is -2.34. The molecule has 0 saturated heterocycles. The van der Waals surface area contributed by atoms with Crippen LogP contribution in [0.4, 0.5) is 0 Å². The van der Waals surface area contributed by atoms with Gasteiger partial charge in [0.1, 0.15) is 5.75 Å². The normalized spacial score (nSPS) is 16.2. The number of hydrogen-bond acceptors (Lipinski definition) is 4. The maximum Gasteiger partial charge on any atom is 0.243 e. The Morgan fingerprint density at radius 1 is 1.26 bits per heavy atom. The van der Waals surface area contributed by atoms with Crippen molar-refractivity contribution in [2.75, 3.05) is 20.2 Å². The largest absolute Gasteiger partial charge is 0.497 e. The Morgan fingerprint density at radius 3 is 2.56 bits per heavy atom. The first-order valence-corrected chi connectivity index (χ1v) is 10.1. The third kappa shape index (κ3) is 4.00. The summed E-state index contributed by atoms with van der Waals surface area (Å²) in [6.07, 6.45) is 0.854. The Labute approximate surface area is 164 Å².